The molecule has 0 aliphatic heterocycles. The van der Waals surface area contributed by atoms with Crippen LogP contribution in [0.1, 0.15) is 23.9 Å². The van der Waals surface area contributed by atoms with Crippen molar-refractivity contribution in [1.82, 2.24) is 4.68 Å². The highest BCUT2D eigenvalue weighted by atomic mass is 35.5. The number of benzene rings is 2. The van der Waals surface area contributed by atoms with Crippen molar-refractivity contribution >= 4 is 28.7 Å². The second-order valence-corrected chi connectivity index (χ2v) is 6.60. The predicted octanol–water partition coefficient (Wildman–Crippen LogP) is 3.73. The van der Waals surface area contributed by atoms with Crippen LogP contribution in [0.3, 0.4) is 0 Å². The van der Waals surface area contributed by atoms with Crippen LogP contribution in [-0.4, -0.2) is 30.2 Å². The SMILES string of the molecule is CCc1n(N=Cc2ccc(N(C)C)cc2)cc[n+]1N=C(Cl)c1ccccc1. The number of nitrogens with zero attached hydrogens (tertiary/aromatic N) is 5. The standard InChI is InChI=1S/C21H23ClN5/c1-4-20-26(23-16-17-10-12-19(13-11-17)25(2)3)14-15-27(20)24-21(22)18-8-6-5-7-9-18/h5-16H,4H2,1-3H3/q+1. The van der Waals surface area contributed by atoms with Gasteiger partial charge in [0.25, 0.3) is 0 Å². The van der Waals surface area contributed by atoms with Crippen LogP contribution in [0, 0.1) is 0 Å². The Morgan fingerprint density at radius 1 is 1.11 bits per heavy atom. The molecule has 0 amide bonds. The first-order chi connectivity index (χ1) is 13.1. The minimum atomic E-state index is 0.441. The summed E-state index contributed by atoms with van der Waals surface area (Å²) in [7, 11) is 4.05. The van der Waals surface area contributed by atoms with Gasteiger partial charge in [0.15, 0.2) is 17.6 Å². The van der Waals surface area contributed by atoms with Gasteiger partial charge in [0.05, 0.1) is 12.6 Å². The maximum atomic E-state index is 6.37. The number of imidazole rings is 1. The molecule has 0 radical (unpaired) electrons. The molecule has 0 bridgehead atoms. The smallest absolute Gasteiger partial charge is 0.307 e. The molecule has 0 saturated heterocycles. The van der Waals surface area contributed by atoms with Crippen LogP contribution in [0.4, 0.5) is 5.69 Å². The molecule has 5 nitrogen and oxygen atoms in total. The summed E-state index contributed by atoms with van der Waals surface area (Å²) in [5.41, 5.74) is 3.07. The van der Waals surface area contributed by atoms with Crippen LogP contribution in [0.2, 0.25) is 0 Å². The van der Waals surface area contributed by atoms with Crippen molar-refractivity contribution in [3.63, 3.8) is 0 Å². The van der Waals surface area contributed by atoms with E-state index in [4.69, 9.17) is 11.6 Å². The first-order valence-corrected chi connectivity index (χ1v) is 9.20. The lowest BCUT2D eigenvalue weighted by Gasteiger charge is -2.11. The van der Waals surface area contributed by atoms with E-state index in [1.165, 1.54) is 0 Å². The number of aromatic nitrogens is 2. The minimum Gasteiger partial charge on any atom is -0.378 e. The molecule has 0 N–H and O–H groups in total. The van der Waals surface area contributed by atoms with Crippen molar-refractivity contribution in [2.75, 3.05) is 19.0 Å². The van der Waals surface area contributed by atoms with Gasteiger partial charge < -0.3 is 4.90 Å². The first-order valence-electron chi connectivity index (χ1n) is 8.82. The average Bonchev–Trinajstić information content (AvgIpc) is 3.08. The molecule has 3 aromatic rings. The van der Waals surface area contributed by atoms with Crippen LogP contribution in [0.5, 0.6) is 0 Å². The molecule has 0 unspecified atom stereocenters. The third-order valence-corrected chi connectivity index (χ3v) is 4.44. The van der Waals surface area contributed by atoms with Crippen molar-refractivity contribution in [2.24, 2.45) is 10.2 Å². The Labute approximate surface area is 164 Å². The van der Waals surface area contributed by atoms with Crippen LogP contribution >= 0.6 is 11.6 Å². The van der Waals surface area contributed by atoms with Gasteiger partial charge in [-0.25, -0.2) is 0 Å². The Morgan fingerprint density at radius 2 is 1.81 bits per heavy atom. The topological polar surface area (TPSA) is 36.8 Å². The van der Waals surface area contributed by atoms with Crippen molar-refractivity contribution < 1.29 is 4.68 Å². The van der Waals surface area contributed by atoms with Crippen molar-refractivity contribution in [3.8, 4) is 0 Å². The average molecular weight is 381 g/mol. The van der Waals surface area contributed by atoms with Gasteiger partial charge >= 0.3 is 5.82 Å². The van der Waals surface area contributed by atoms with E-state index in [-0.39, 0.29) is 0 Å². The fourth-order valence-corrected chi connectivity index (χ4v) is 2.85. The van der Waals surface area contributed by atoms with Crippen molar-refractivity contribution in [3.05, 3.63) is 83.9 Å². The molecule has 0 saturated carbocycles. The lowest BCUT2D eigenvalue weighted by molar-refractivity contribution is -0.685. The van der Waals surface area contributed by atoms with E-state index in [0.717, 1.165) is 29.1 Å². The largest absolute Gasteiger partial charge is 0.378 e. The summed E-state index contributed by atoms with van der Waals surface area (Å²) in [5, 5.41) is 9.51. The van der Waals surface area contributed by atoms with Gasteiger partial charge in [-0.2, -0.15) is 0 Å². The van der Waals surface area contributed by atoms with Gasteiger partial charge in [-0.15, -0.1) is 9.35 Å². The maximum absolute atomic E-state index is 6.37. The molecule has 0 atom stereocenters. The second kappa shape index (κ2) is 8.64. The lowest BCUT2D eigenvalue weighted by atomic mass is 10.2. The summed E-state index contributed by atoms with van der Waals surface area (Å²) in [6.45, 7) is 2.07. The molecular weight excluding hydrogens is 358 g/mol. The zero-order valence-corrected chi connectivity index (χ0v) is 16.5. The molecule has 0 aliphatic carbocycles. The van der Waals surface area contributed by atoms with Crippen LogP contribution in [-0.2, 0) is 6.42 Å². The molecular formula is C21H23ClN5+. The third kappa shape index (κ3) is 4.63. The summed E-state index contributed by atoms with van der Waals surface area (Å²) in [5.74, 6) is 0.935. The molecule has 6 heteroatoms. The molecule has 1 heterocycles. The fourth-order valence-electron chi connectivity index (χ4n) is 2.64. The van der Waals surface area contributed by atoms with Gasteiger partial charge in [-0.1, -0.05) is 71.2 Å². The quantitative estimate of drug-likeness (QED) is 0.474. The second-order valence-electron chi connectivity index (χ2n) is 6.24. The van der Waals surface area contributed by atoms with Crippen molar-refractivity contribution in [2.45, 2.75) is 13.3 Å². The molecule has 0 aliphatic rings. The van der Waals surface area contributed by atoms with Crippen LogP contribution in [0.25, 0.3) is 0 Å². The number of rotatable bonds is 6. The van der Waals surface area contributed by atoms with E-state index in [2.05, 4.69) is 34.2 Å². The monoisotopic (exact) mass is 380 g/mol. The molecule has 0 spiro atoms. The Morgan fingerprint density at radius 3 is 2.44 bits per heavy atom. The Bertz CT molecular complexity index is 940. The fraction of sp³-hybridized carbons (Fsp3) is 0.190. The van der Waals surface area contributed by atoms with E-state index in [1.807, 2.05) is 79.8 Å². The van der Waals surface area contributed by atoms with Crippen LogP contribution < -0.4 is 9.58 Å². The number of hydrogen-bond donors (Lipinski definition) is 0. The molecule has 3 rings (SSSR count). The maximum Gasteiger partial charge on any atom is 0.307 e. The van der Waals surface area contributed by atoms with Gasteiger partial charge in [0.2, 0.25) is 0 Å². The van der Waals surface area contributed by atoms with Gasteiger partial charge in [-0.3, -0.25) is 0 Å². The zero-order chi connectivity index (χ0) is 19.2. The number of halogens is 1. The summed E-state index contributed by atoms with van der Waals surface area (Å²) < 4.78 is 3.58. The number of anilines is 1. The predicted molar refractivity (Wildman–Crippen MR) is 112 cm³/mol. The van der Waals surface area contributed by atoms with E-state index in [1.54, 1.807) is 4.68 Å². The highest BCUT2D eigenvalue weighted by Crippen LogP contribution is 2.11. The first kappa shape index (κ1) is 18.9. The van der Waals surface area contributed by atoms with E-state index >= 15 is 0 Å². The Hall–Kier alpha value is -2.92. The summed E-state index contributed by atoms with van der Waals surface area (Å²) >= 11 is 6.37. The summed E-state index contributed by atoms with van der Waals surface area (Å²) in [6, 6.07) is 17.9. The molecule has 27 heavy (non-hydrogen) atoms. The van der Waals surface area contributed by atoms with E-state index in [9.17, 15) is 0 Å². The molecule has 0 fully saturated rings. The van der Waals surface area contributed by atoms with Gasteiger partial charge in [0.1, 0.15) is 0 Å². The highest BCUT2D eigenvalue weighted by molar-refractivity contribution is 6.69. The van der Waals surface area contributed by atoms with E-state index in [0.29, 0.717) is 5.17 Å². The van der Waals surface area contributed by atoms with Gasteiger partial charge in [-0.05, 0) is 17.7 Å². The molecule has 2 aromatic carbocycles. The van der Waals surface area contributed by atoms with E-state index < -0.39 is 0 Å². The molecule has 1 aromatic heterocycles. The highest BCUT2D eigenvalue weighted by Gasteiger charge is 2.16. The summed E-state index contributed by atoms with van der Waals surface area (Å²) in [6.07, 6.45) is 6.34. The lowest BCUT2D eigenvalue weighted by Crippen LogP contribution is -2.32. The Balaban J connectivity index is 1.83. The zero-order valence-electron chi connectivity index (χ0n) is 15.7. The summed E-state index contributed by atoms with van der Waals surface area (Å²) in [4.78, 5) is 2.07. The number of hydrogen-bond acceptors (Lipinski definition) is 3. The minimum absolute atomic E-state index is 0.441. The Kier molecular flexibility index (Phi) is 6.04. The third-order valence-electron chi connectivity index (χ3n) is 4.14. The molecule has 138 valence electrons. The van der Waals surface area contributed by atoms with Crippen molar-refractivity contribution in [1.29, 1.82) is 0 Å². The van der Waals surface area contributed by atoms with Crippen LogP contribution in [0.15, 0.2) is 77.2 Å². The van der Waals surface area contributed by atoms with Gasteiger partial charge in [0, 0.05) is 25.3 Å². The normalized spacial score (nSPS) is 11.9.